The molecule has 0 aromatic heterocycles. The van der Waals surface area contributed by atoms with Crippen molar-refractivity contribution in [2.45, 2.75) is 39.5 Å². The highest BCUT2D eigenvalue weighted by atomic mass is 31.2. The maximum absolute atomic E-state index is 10.2. The van der Waals surface area contributed by atoms with Crippen molar-refractivity contribution in [1.82, 2.24) is 0 Å². The van der Waals surface area contributed by atoms with Gasteiger partial charge in [-0.05, 0) is 36.1 Å². The zero-order valence-electron chi connectivity index (χ0n) is 13.2. The Bertz CT molecular complexity index is 535. The number of para-hydroxylation sites is 2. The SMILES string of the molecule is CCCc1ccccc1OP(O)Oc1ccccc1CCC. The van der Waals surface area contributed by atoms with E-state index in [1.807, 2.05) is 48.5 Å². The van der Waals surface area contributed by atoms with E-state index in [4.69, 9.17) is 9.05 Å². The van der Waals surface area contributed by atoms with Gasteiger partial charge in [0.2, 0.25) is 0 Å². The lowest BCUT2D eigenvalue weighted by atomic mass is 10.1. The van der Waals surface area contributed by atoms with E-state index in [1.165, 1.54) is 0 Å². The van der Waals surface area contributed by atoms with Crippen LogP contribution in [0.5, 0.6) is 11.5 Å². The maximum atomic E-state index is 10.2. The number of aryl methyl sites for hydroxylation is 2. The molecule has 0 fully saturated rings. The molecule has 3 nitrogen and oxygen atoms in total. The summed E-state index contributed by atoms with van der Waals surface area (Å²) in [6, 6.07) is 15.6. The highest BCUT2D eigenvalue weighted by molar-refractivity contribution is 7.41. The molecule has 0 amide bonds. The van der Waals surface area contributed by atoms with Gasteiger partial charge in [0.05, 0.1) is 0 Å². The van der Waals surface area contributed by atoms with E-state index in [2.05, 4.69) is 13.8 Å². The molecule has 0 aliphatic rings. The van der Waals surface area contributed by atoms with Crippen molar-refractivity contribution in [3.8, 4) is 11.5 Å². The van der Waals surface area contributed by atoms with Gasteiger partial charge < -0.3 is 13.9 Å². The van der Waals surface area contributed by atoms with Crippen LogP contribution < -0.4 is 9.05 Å². The topological polar surface area (TPSA) is 38.7 Å². The molecule has 22 heavy (non-hydrogen) atoms. The van der Waals surface area contributed by atoms with Crippen molar-refractivity contribution in [3.63, 3.8) is 0 Å². The molecule has 0 bridgehead atoms. The molecule has 118 valence electrons. The summed E-state index contributed by atoms with van der Waals surface area (Å²) in [5.41, 5.74) is 2.19. The summed E-state index contributed by atoms with van der Waals surface area (Å²) in [4.78, 5) is 10.2. The van der Waals surface area contributed by atoms with Gasteiger partial charge >= 0.3 is 8.60 Å². The first kappa shape index (κ1) is 16.8. The van der Waals surface area contributed by atoms with Crippen LogP contribution in [0.2, 0.25) is 0 Å². The Labute approximate surface area is 133 Å². The third-order valence-electron chi connectivity index (χ3n) is 3.34. The Balaban J connectivity index is 2.06. The first-order chi connectivity index (χ1) is 10.7. The zero-order valence-corrected chi connectivity index (χ0v) is 14.1. The first-order valence-corrected chi connectivity index (χ1v) is 8.88. The molecule has 2 aromatic carbocycles. The van der Waals surface area contributed by atoms with Crippen molar-refractivity contribution >= 4 is 8.60 Å². The summed E-state index contributed by atoms with van der Waals surface area (Å²) >= 11 is 0. The van der Waals surface area contributed by atoms with Gasteiger partial charge in [-0.3, -0.25) is 0 Å². The molecule has 0 unspecified atom stereocenters. The molecule has 0 saturated carbocycles. The molecule has 2 aromatic rings. The van der Waals surface area contributed by atoms with Gasteiger partial charge in [-0.2, -0.15) is 0 Å². The van der Waals surface area contributed by atoms with Crippen molar-refractivity contribution in [1.29, 1.82) is 0 Å². The predicted octanol–water partition coefficient (Wildman–Crippen LogP) is 5.27. The molecule has 0 atom stereocenters. The highest BCUT2D eigenvalue weighted by Crippen LogP contribution is 2.39. The van der Waals surface area contributed by atoms with Crippen LogP contribution in [0, 0.1) is 0 Å². The van der Waals surface area contributed by atoms with Crippen LogP contribution in [0.25, 0.3) is 0 Å². The molecule has 0 saturated heterocycles. The number of hydrogen-bond acceptors (Lipinski definition) is 3. The second-order valence-corrected chi connectivity index (χ2v) is 5.98. The minimum Gasteiger partial charge on any atom is -0.418 e. The Hall–Kier alpha value is -1.57. The van der Waals surface area contributed by atoms with E-state index in [9.17, 15) is 4.89 Å². The Morgan fingerprint density at radius 1 is 0.773 bits per heavy atom. The fourth-order valence-corrected chi connectivity index (χ4v) is 3.05. The number of rotatable bonds is 8. The second-order valence-electron chi connectivity index (χ2n) is 5.14. The summed E-state index contributed by atoms with van der Waals surface area (Å²) in [6.07, 6.45) is 3.91. The normalized spacial score (nSPS) is 10.7. The first-order valence-electron chi connectivity index (χ1n) is 7.75. The van der Waals surface area contributed by atoms with Gasteiger partial charge in [-0.15, -0.1) is 0 Å². The van der Waals surface area contributed by atoms with E-state index in [-0.39, 0.29) is 0 Å². The molecule has 0 heterocycles. The molecule has 0 spiro atoms. The average Bonchev–Trinajstić information content (AvgIpc) is 2.52. The van der Waals surface area contributed by atoms with Crippen molar-refractivity contribution < 1.29 is 13.9 Å². The fourth-order valence-electron chi connectivity index (χ4n) is 2.32. The lowest BCUT2D eigenvalue weighted by Gasteiger charge is -2.16. The Kier molecular flexibility index (Phi) is 6.70. The summed E-state index contributed by atoms with van der Waals surface area (Å²) in [7, 11) is -1.99. The quantitative estimate of drug-likeness (QED) is 0.674. The molecule has 1 N–H and O–H groups in total. The monoisotopic (exact) mass is 318 g/mol. The molecule has 0 radical (unpaired) electrons. The summed E-state index contributed by atoms with van der Waals surface area (Å²) in [5, 5.41) is 0. The van der Waals surface area contributed by atoms with Crippen LogP contribution in [-0.4, -0.2) is 4.89 Å². The predicted molar refractivity (Wildman–Crippen MR) is 91.3 cm³/mol. The standard InChI is InChI=1S/C18H23O3P/c1-3-9-15-11-5-7-13-17(15)20-22(19)21-18-14-8-6-12-16(18)10-4-2/h5-8,11-14,19H,3-4,9-10H2,1-2H3. The lowest BCUT2D eigenvalue weighted by Crippen LogP contribution is -1.99. The smallest absolute Gasteiger partial charge is 0.418 e. The Morgan fingerprint density at radius 2 is 1.18 bits per heavy atom. The minimum absolute atomic E-state index is 0.700. The molecule has 0 aliphatic carbocycles. The van der Waals surface area contributed by atoms with Crippen molar-refractivity contribution in [3.05, 3.63) is 59.7 Å². The van der Waals surface area contributed by atoms with Crippen LogP contribution in [0.4, 0.5) is 0 Å². The average molecular weight is 318 g/mol. The number of hydrogen-bond donors (Lipinski definition) is 1. The summed E-state index contributed by atoms with van der Waals surface area (Å²) in [5.74, 6) is 1.40. The van der Waals surface area contributed by atoms with Crippen LogP contribution in [0.3, 0.4) is 0 Å². The molecular weight excluding hydrogens is 295 g/mol. The Morgan fingerprint density at radius 3 is 1.59 bits per heavy atom. The van der Waals surface area contributed by atoms with Crippen LogP contribution in [-0.2, 0) is 12.8 Å². The van der Waals surface area contributed by atoms with Crippen LogP contribution in [0.15, 0.2) is 48.5 Å². The van der Waals surface area contributed by atoms with E-state index in [1.54, 1.807) is 0 Å². The molecule has 2 rings (SSSR count). The van der Waals surface area contributed by atoms with E-state index in [0.717, 1.165) is 36.8 Å². The molecule has 4 heteroatoms. The lowest BCUT2D eigenvalue weighted by molar-refractivity contribution is 0.378. The van der Waals surface area contributed by atoms with Crippen LogP contribution in [0.1, 0.15) is 37.8 Å². The van der Waals surface area contributed by atoms with E-state index in [0.29, 0.717) is 11.5 Å². The third-order valence-corrected chi connectivity index (χ3v) is 4.04. The van der Waals surface area contributed by atoms with Gasteiger partial charge in [0, 0.05) is 0 Å². The highest BCUT2D eigenvalue weighted by Gasteiger charge is 2.15. The fraction of sp³-hybridized carbons (Fsp3) is 0.333. The van der Waals surface area contributed by atoms with E-state index < -0.39 is 8.60 Å². The summed E-state index contributed by atoms with van der Waals surface area (Å²) in [6.45, 7) is 4.24. The van der Waals surface area contributed by atoms with Gasteiger partial charge in [0.1, 0.15) is 11.5 Å². The third kappa shape index (κ3) is 4.72. The van der Waals surface area contributed by atoms with Gasteiger partial charge in [0.25, 0.3) is 0 Å². The maximum Gasteiger partial charge on any atom is 0.460 e. The van der Waals surface area contributed by atoms with Gasteiger partial charge in [-0.1, -0.05) is 63.1 Å². The van der Waals surface area contributed by atoms with Crippen molar-refractivity contribution in [2.24, 2.45) is 0 Å². The molecular formula is C18H23O3P. The number of benzene rings is 2. The van der Waals surface area contributed by atoms with E-state index >= 15 is 0 Å². The largest absolute Gasteiger partial charge is 0.460 e. The molecule has 0 aliphatic heterocycles. The van der Waals surface area contributed by atoms with Crippen molar-refractivity contribution in [2.75, 3.05) is 0 Å². The van der Waals surface area contributed by atoms with Gasteiger partial charge in [-0.25, -0.2) is 0 Å². The zero-order chi connectivity index (χ0) is 15.8. The minimum atomic E-state index is -1.99. The summed E-state index contributed by atoms with van der Waals surface area (Å²) < 4.78 is 11.3. The van der Waals surface area contributed by atoms with Gasteiger partial charge in [0.15, 0.2) is 0 Å². The second kappa shape index (κ2) is 8.77. The van der Waals surface area contributed by atoms with Crippen LogP contribution >= 0.6 is 8.60 Å².